The number of halogens is 4. The largest absolute Gasteiger partial charge is 0.392 e. The highest BCUT2D eigenvalue weighted by atomic mass is 36.0. The summed E-state index contributed by atoms with van der Waals surface area (Å²) < 4.78 is 13.0. The summed E-state index contributed by atoms with van der Waals surface area (Å²) in [5.41, 5.74) is 6.02. The summed E-state index contributed by atoms with van der Waals surface area (Å²) in [6.07, 6.45) is 10.6. The zero-order valence-corrected chi connectivity index (χ0v) is 24.7. The highest BCUT2D eigenvalue weighted by Gasteiger charge is 2.12. The Morgan fingerprint density at radius 1 is 0.811 bits per heavy atom. The maximum Gasteiger partial charge on any atom is 0.211 e. The van der Waals surface area contributed by atoms with E-state index in [0.29, 0.717) is 11.9 Å². The van der Waals surface area contributed by atoms with Crippen LogP contribution in [0.1, 0.15) is 50.9 Å². The Morgan fingerprint density at radius 3 is 1.59 bits per heavy atom. The second-order valence-electron chi connectivity index (χ2n) is 8.05. The topological polar surface area (TPSA) is 98.7 Å². The Kier molecular flexibility index (Phi) is 15.0. The monoisotopic (exact) mass is 606 g/mol. The molecule has 4 aromatic heterocycles. The van der Waals surface area contributed by atoms with Crippen LogP contribution in [0.25, 0.3) is 22.5 Å². The maximum atomic E-state index is 9.29. The van der Waals surface area contributed by atoms with Crippen molar-refractivity contribution in [1.29, 1.82) is 0 Å². The zero-order chi connectivity index (χ0) is 26.7. The summed E-state index contributed by atoms with van der Waals surface area (Å²) in [6.45, 7) is 8.37. The van der Waals surface area contributed by atoms with Crippen LogP contribution in [0.4, 0.5) is 0 Å². The molecule has 0 aliphatic heterocycles. The van der Waals surface area contributed by atoms with Crippen LogP contribution >= 0.6 is 45.4 Å². The van der Waals surface area contributed by atoms with Gasteiger partial charge < -0.3 is 5.11 Å². The lowest BCUT2D eigenvalue weighted by molar-refractivity contribution is 0.282. The molecule has 0 saturated heterocycles. The van der Waals surface area contributed by atoms with Gasteiger partial charge in [0.2, 0.25) is 9.23 Å². The van der Waals surface area contributed by atoms with Crippen molar-refractivity contribution in [2.45, 2.75) is 52.3 Å². The molecule has 0 bridgehead atoms. The molecule has 4 aromatic rings. The van der Waals surface area contributed by atoms with Crippen LogP contribution in [0, 0.1) is 0 Å². The van der Waals surface area contributed by atoms with E-state index in [1.807, 2.05) is 39.8 Å². The molecule has 4 rings (SSSR count). The zero-order valence-electron chi connectivity index (χ0n) is 20.8. The van der Waals surface area contributed by atoms with Gasteiger partial charge in [0.25, 0.3) is 0 Å². The number of alkyl halides is 1. The Balaban J connectivity index is 0.000000316. The van der Waals surface area contributed by atoms with Gasteiger partial charge in [-0.1, -0.05) is 0 Å². The third-order valence-corrected chi connectivity index (χ3v) is 5.30. The van der Waals surface area contributed by atoms with E-state index in [4.69, 9.17) is 15.8 Å². The summed E-state index contributed by atoms with van der Waals surface area (Å²) in [5.74, 6) is 0.487. The molecular weight excluding hydrogens is 578 g/mol. The molecule has 8 nitrogen and oxygen atoms in total. The lowest BCUT2D eigenvalue weighted by atomic mass is 10.1. The third-order valence-electron chi connectivity index (χ3n) is 5.01. The van der Waals surface area contributed by atoms with Crippen molar-refractivity contribution in [1.82, 2.24) is 29.5 Å². The smallest absolute Gasteiger partial charge is 0.211 e. The van der Waals surface area contributed by atoms with E-state index in [1.54, 1.807) is 31.0 Å². The van der Waals surface area contributed by atoms with Crippen molar-refractivity contribution in [3.8, 4) is 22.5 Å². The number of aliphatic hydroxyl groups is 1. The van der Waals surface area contributed by atoms with E-state index in [2.05, 4.69) is 69.2 Å². The normalized spacial score (nSPS) is 10.5. The summed E-state index contributed by atoms with van der Waals surface area (Å²) in [5, 5.41) is 17.9. The van der Waals surface area contributed by atoms with E-state index in [1.165, 1.54) is 0 Å². The van der Waals surface area contributed by atoms with Crippen molar-refractivity contribution in [2.24, 2.45) is 0 Å². The SMILES string of the molecule is CC(C)n1nccc1-c1cnccc1CCl.CC(C)n1nccc1-c1cnccc1CO.Cl.O=S(Cl)Cl. The fourth-order valence-electron chi connectivity index (χ4n) is 3.44. The number of aliphatic hydroxyl groups excluding tert-OH is 1. The first-order chi connectivity index (χ1) is 17.2. The number of hydrogen-bond acceptors (Lipinski definition) is 6. The molecular formula is C24H30Cl4N6O2S. The molecule has 0 saturated carbocycles. The summed E-state index contributed by atoms with van der Waals surface area (Å²) >= 11 is 5.92. The molecule has 0 atom stereocenters. The van der Waals surface area contributed by atoms with Crippen LogP contribution < -0.4 is 0 Å². The molecule has 1 N–H and O–H groups in total. The average molecular weight is 608 g/mol. The lowest BCUT2D eigenvalue weighted by Crippen LogP contribution is -2.05. The van der Waals surface area contributed by atoms with Crippen LogP contribution in [0.2, 0.25) is 0 Å². The molecule has 0 amide bonds. The first-order valence-electron chi connectivity index (χ1n) is 11.1. The first-order valence-corrected chi connectivity index (χ1v) is 14.4. The summed E-state index contributed by atoms with van der Waals surface area (Å²) in [4.78, 5) is 8.25. The molecule has 0 aromatic carbocycles. The minimum atomic E-state index is -1.67. The Morgan fingerprint density at radius 2 is 1.22 bits per heavy atom. The van der Waals surface area contributed by atoms with Crippen molar-refractivity contribution in [3.63, 3.8) is 0 Å². The summed E-state index contributed by atoms with van der Waals surface area (Å²) in [7, 11) is 7.36. The van der Waals surface area contributed by atoms with Gasteiger partial charge in [-0.3, -0.25) is 19.3 Å². The van der Waals surface area contributed by atoms with Gasteiger partial charge in [0.05, 0.1) is 18.0 Å². The highest BCUT2D eigenvalue weighted by molar-refractivity contribution is 8.26. The number of nitrogens with zero attached hydrogens (tertiary/aromatic N) is 6. The van der Waals surface area contributed by atoms with Crippen molar-refractivity contribution in [2.75, 3.05) is 0 Å². The van der Waals surface area contributed by atoms with E-state index >= 15 is 0 Å². The molecule has 0 aliphatic carbocycles. The number of hydrogen-bond donors (Lipinski definition) is 1. The van der Waals surface area contributed by atoms with Gasteiger partial charge in [0, 0.05) is 87.6 Å². The van der Waals surface area contributed by atoms with Gasteiger partial charge in [-0.2, -0.15) is 10.2 Å². The molecule has 0 unspecified atom stereocenters. The molecule has 13 heteroatoms. The minimum absolute atomic E-state index is 0. The highest BCUT2D eigenvalue weighted by Crippen LogP contribution is 2.26. The summed E-state index contributed by atoms with van der Waals surface area (Å²) in [6, 6.07) is 8.32. The predicted molar refractivity (Wildman–Crippen MR) is 154 cm³/mol. The van der Waals surface area contributed by atoms with Crippen LogP contribution in [-0.2, 0) is 21.7 Å². The van der Waals surface area contributed by atoms with Gasteiger partial charge in [0.1, 0.15) is 0 Å². The van der Waals surface area contributed by atoms with E-state index < -0.39 is 9.23 Å². The van der Waals surface area contributed by atoms with Gasteiger partial charge >= 0.3 is 0 Å². The maximum absolute atomic E-state index is 9.29. The number of pyridine rings is 2. The van der Waals surface area contributed by atoms with Crippen molar-refractivity contribution < 1.29 is 9.32 Å². The quantitative estimate of drug-likeness (QED) is 0.192. The third kappa shape index (κ3) is 9.67. The van der Waals surface area contributed by atoms with Crippen LogP contribution in [0.5, 0.6) is 0 Å². The standard InChI is InChI=1S/C12H14ClN3.C12H15N3O.Cl2OS.ClH/c1-9(2)16-12(4-6-15-16)11-8-14-5-3-10(11)7-13;1-9(2)15-12(4-6-14-15)11-7-13-5-3-10(11)8-16;1-4(2)3;/h3-6,8-9H,7H2,1-2H3;3-7,9,16H,8H2,1-2H3;;1H. The second-order valence-corrected chi connectivity index (χ2v) is 10.8. The van der Waals surface area contributed by atoms with Crippen LogP contribution in [-0.4, -0.2) is 38.8 Å². The van der Waals surface area contributed by atoms with E-state index in [9.17, 15) is 5.11 Å². The van der Waals surface area contributed by atoms with E-state index in [-0.39, 0.29) is 25.1 Å². The minimum Gasteiger partial charge on any atom is -0.392 e. The second kappa shape index (κ2) is 16.8. The number of aromatic nitrogens is 6. The molecule has 0 radical (unpaired) electrons. The van der Waals surface area contributed by atoms with Crippen LogP contribution in [0.15, 0.2) is 61.4 Å². The molecule has 0 spiro atoms. The van der Waals surface area contributed by atoms with Gasteiger partial charge in [-0.05, 0) is 63.1 Å². The first kappa shape index (κ1) is 33.0. The predicted octanol–water partition coefficient (Wildman–Crippen LogP) is 6.75. The molecule has 0 aliphatic rings. The lowest BCUT2D eigenvalue weighted by Gasteiger charge is -2.12. The van der Waals surface area contributed by atoms with Gasteiger partial charge in [0.15, 0.2) is 0 Å². The molecule has 0 fully saturated rings. The van der Waals surface area contributed by atoms with Gasteiger partial charge in [-0.15, -0.1) is 24.0 Å². The molecule has 202 valence electrons. The fraction of sp³-hybridized carbons (Fsp3) is 0.333. The van der Waals surface area contributed by atoms with Crippen molar-refractivity contribution >= 4 is 54.6 Å². The molecule has 37 heavy (non-hydrogen) atoms. The fourth-order valence-corrected chi connectivity index (χ4v) is 3.67. The Labute approximate surface area is 239 Å². The number of rotatable bonds is 6. The molecule has 4 heterocycles. The van der Waals surface area contributed by atoms with E-state index in [0.717, 1.165) is 33.6 Å². The van der Waals surface area contributed by atoms with Gasteiger partial charge in [-0.25, -0.2) is 4.21 Å². The average Bonchev–Trinajstić information content (AvgIpc) is 3.54. The van der Waals surface area contributed by atoms with Crippen molar-refractivity contribution in [3.05, 3.63) is 72.6 Å². The Hall–Kier alpha value is -2.01. The van der Waals surface area contributed by atoms with Crippen LogP contribution in [0.3, 0.4) is 0 Å². The Bertz CT molecular complexity index is 1160.